The summed E-state index contributed by atoms with van der Waals surface area (Å²) in [5, 5.41) is 11.7. The summed E-state index contributed by atoms with van der Waals surface area (Å²) in [6.45, 7) is 0. The van der Waals surface area contributed by atoms with Crippen LogP contribution < -0.4 is 5.32 Å². The molecule has 0 spiro atoms. The minimum atomic E-state index is -0.310. The molecule has 0 aromatic carbocycles. The van der Waals surface area contributed by atoms with Gasteiger partial charge in [0.15, 0.2) is 0 Å². The van der Waals surface area contributed by atoms with E-state index in [1.165, 1.54) is 0 Å². The van der Waals surface area contributed by atoms with E-state index in [2.05, 4.69) is 5.32 Å². The smallest absolute Gasteiger partial charge is 0.207 e. The Morgan fingerprint density at radius 1 is 1.56 bits per heavy atom. The lowest BCUT2D eigenvalue weighted by Crippen LogP contribution is -2.34. The van der Waals surface area contributed by atoms with E-state index in [9.17, 15) is 4.79 Å². The Labute approximate surface area is 54.1 Å². The average Bonchev–Trinajstić information content (AvgIpc) is 2.18. The van der Waals surface area contributed by atoms with Crippen LogP contribution in [-0.4, -0.2) is 23.7 Å². The monoisotopic (exact) mass is 129 g/mol. The number of amides is 1. The van der Waals surface area contributed by atoms with Crippen LogP contribution in [0.4, 0.5) is 0 Å². The Morgan fingerprint density at radius 2 is 2.33 bits per heavy atom. The maximum absolute atomic E-state index is 9.88. The topological polar surface area (TPSA) is 49.3 Å². The van der Waals surface area contributed by atoms with Crippen molar-refractivity contribution < 1.29 is 9.90 Å². The lowest BCUT2D eigenvalue weighted by atomic mass is 10.2. The SMILES string of the molecule is O=CNC1CCCC1O. The number of nitrogens with one attached hydrogen (secondary N) is 1. The molecule has 2 unspecified atom stereocenters. The van der Waals surface area contributed by atoms with Gasteiger partial charge in [-0.3, -0.25) is 4.79 Å². The first-order valence-electron chi connectivity index (χ1n) is 3.22. The van der Waals surface area contributed by atoms with Gasteiger partial charge in [0.2, 0.25) is 6.41 Å². The number of hydrogen-bond acceptors (Lipinski definition) is 2. The van der Waals surface area contributed by atoms with Crippen LogP contribution in [0.5, 0.6) is 0 Å². The van der Waals surface area contributed by atoms with Gasteiger partial charge in [-0.25, -0.2) is 0 Å². The van der Waals surface area contributed by atoms with E-state index >= 15 is 0 Å². The van der Waals surface area contributed by atoms with Gasteiger partial charge in [-0.15, -0.1) is 0 Å². The third-order valence-electron chi connectivity index (χ3n) is 1.76. The van der Waals surface area contributed by atoms with E-state index in [1.54, 1.807) is 0 Å². The number of rotatable bonds is 2. The summed E-state index contributed by atoms with van der Waals surface area (Å²) >= 11 is 0. The molecule has 2 atom stereocenters. The predicted molar refractivity (Wildman–Crippen MR) is 32.8 cm³/mol. The van der Waals surface area contributed by atoms with Crippen LogP contribution in [-0.2, 0) is 4.79 Å². The summed E-state index contributed by atoms with van der Waals surface area (Å²) in [7, 11) is 0. The Bertz CT molecular complexity index is 105. The highest BCUT2D eigenvalue weighted by Crippen LogP contribution is 2.17. The lowest BCUT2D eigenvalue weighted by Gasteiger charge is -2.11. The number of hydrogen-bond donors (Lipinski definition) is 2. The summed E-state index contributed by atoms with van der Waals surface area (Å²) < 4.78 is 0. The van der Waals surface area contributed by atoms with E-state index in [1.807, 2.05) is 0 Å². The maximum Gasteiger partial charge on any atom is 0.207 e. The first-order valence-corrected chi connectivity index (χ1v) is 3.22. The van der Waals surface area contributed by atoms with Crippen molar-refractivity contribution in [1.29, 1.82) is 0 Å². The molecule has 1 saturated carbocycles. The normalized spacial score (nSPS) is 34.3. The molecule has 0 heterocycles. The third kappa shape index (κ3) is 1.42. The molecular weight excluding hydrogens is 118 g/mol. The molecule has 9 heavy (non-hydrogen) atoms. The zero-order valence-electron chi connectivity index (χ0n) is 5.21. The first kappa shape index (κ1) is 6.55. The fraction of sp³-hybridized carbons (Fsp3) is 0.833. The average molecular weight is 129 g/mol. The molecule has 1 aliphatic carbocycles. The summed E-state index contributed by atoms with van der Waals surface area (Å²) in [6.07, 6.45) is 3.10. The molecule has 0 aromatic heterocycles. The van der Waals surface area contributed by atoms with Crippen LogP contribution in [0.25, 0.3) is 0 Å². The van der Waals surface area contributed by atoms with Gasteiger partial charge in [-0.1, -0.05) is 0 Å². The highest BCUT2D eigenvalue weighted by atomic mass is 16.3. The zero-order valence-corrected chi connectivity index (χ0v) is 5.21. The van der Waals surface area contributed by atoms with Gasteiger partial charge in [0.05, 0.1) is 12.1 Å². The molecule has 3 nitrogen and oxygen atoms in total. The molecule has 0 saturated heterocycles. The van der Waals surface area contributed by atoms with Crippen molar-refractivity contribution in [2.75, 3.05) is 0 Å². The zero-order chi connectivity index (χ0) is 6.69. The highest BCUT2D eigenvalue weighted by molar-refractivity contribution is 5.46. The molecule has 1 aliphatic rings. The largest absolute Gasteiger partial charge is 0.391 e. The minimum Gasteiger partial charge on any atom is -0.391 e. The van der Waals surface area contributed by atoms with Crippen molar-refractivity contribution >= 4 is 6.41 Å². The number of carbonyl (C=O) groups is 1. The highest BCUT2D eigenvalue weighted by Gasteiger charge is 2.23. The Hall–Kier alpha value is -0.570. The van der Waals surface area contributed by atoms with Crippen LogP contribution in [0.15, 0.2) is 0 Å². The number of carbonyl (C=O) groups excluding carboxylic acids is 1. The van der Waals surface area contributed by atoms with Crippen LogP contribution >= 0.6 is 0 Å². The Morgan fingerprint density at radius 3 is 2.78 bits per heavy atom. The van der Waals surface area contributed by atoms with E-state index in [0.29, 0.717) is 6.41 Å². The van der Waals surface area contributed by atoms with Crippen molar-refractivity contribution in [2.45, 2.75) is 31.4 Å². The Balaban J connectivity index is 2.30. The van der Waals surface area contributed by atoms with Crippen molar-refractivity contribution in [1.82, 2.24) is 5.32 Å². The molecule has 1 rings (SSSR count). The van der Waals surface area contributed by atoms with Crippen LogP contribution in [0.2, 0.25) is 0 Å². The quantitative estimate of drug-likeness (QED) is 0.500. The van der Waals surface area contributed by atoms with E-state index in [4.69, 9.17) is 5.11 Å². The van der Waals surface area contributed by atoms with Gasteiger partial charge in [-0.2, -0.15) is 0 Å². The van der Waals surface area contributed by atoms with Gasteiger partial charge < -0.3 is 10.4 Å². The molecule has 0 aromatic rings. The molecular formula is C6H11NO2. The van der Waals surface area contributed by atoms with Crippen LogP contribution in [0.3, 0.4) is 0 Å². The van der Waals surface area contributed by atoms with Crippen LogP contribution in [0.1, 0.15) is 19.3 Å². The fourth-order valence-corrected chi connectivity index (χ4v) is 1.22. The fourth-order valence-electron chi connectivity index (χ4n) is 1.22. The summed E-state index contributed by atoms with van der Waals surface area (Å²) in [5.41, 5.74) is 0. The van der Waals surface area contributed by atoms with Gasteiger partial charge in [-0.05, 0) is 19.3 Å². The Kier molecular flexibility index (Phi) is 2.05. The van der Waals surface area contributed by atoms with E-state index < -0.39 is 0 Å². The third-order valence-corrected chi connectivity index (χ3v) is 1.76. The van der Waals surface area contributed by atoms with E-state index in [-0.39, 0.29) is 12.1 Å². The molecule has 0 radical (unpaired) electrons. The second kappa shape index (κ2) is 2.82. The summed E-state index contributed by atoms with van der Waals surface area (Å²) in [4.78, 5) is 9.88. The van der Waals surface area contributed by atoms with Crippen LogP contribution in [0, 0.1) is 0 Å². The van der Waals surface area contributed by atoms with Gasteiger partial charge in [0.1, 0.15) is 0 Å². The predicted octanol–water partition coefficient (Wildman–Crippen LogP) is -0.354. The lowest BCUT2D eigenvalue weighted by molar-refractivity contribution is -0.110. The van der Waals surface area contributed by atoms with Gasteiger partial charge in [0, 0.05) is 0 Å². The number of aliphatic hydroxyl groups excluding tert-OH is 1. The van der Waals surface area contributed by atoms with Gasteiger partial charge >= 0.3 is 0 Å². The molecule has 0 aliphatic heterocycles. The second-order valence-corrected chi connectivity index (χ2v) is 2.39. The molecule has 0 bridgehead atoms. The molecule has 52 valence electrons. The van der Waals surface area contributed by atoms with E-state index in [0.717, 1.165) is 19.3 Å². The standard InChI is InChI=1S/C6H11NO2/c8-4-7-5-2-1-3-6(5)9/h4-6,9H,1-3H2,(H,7,8). The number of aliphatic hydroxyl groups is 1. The van der Waals surface area contributed by atoms with Gasteiger partial charge in [0.25, 0.3) is 0 Å². The molecule has 1 amide bonds. The molecule has 2 N–H and O–H groups in total. The first-order chi connectivity index (χ1) is 4.34. The summed E-state index contributed by atoms with van der Waals surface area (Å²) in [5.74, 6) is 0. The summed E-state index contributed by atoms with van der Waals surface area (Å²) in [6, 6.07) is 0.0162. The second-order valence-electron chi connectivity index (χ2n) is 2.39. The molecule has 1 fully saturated rings. The maximum atomic E-state index is 9.88. The molecule has 3 heteroatoms. The van der Waals surface area contributed by atoms with Crippen molar-refractivity contribution in [3.05, 3.63) is 0 Å². The van der Waals surface area contributed by atoms with Crippen molar-refractivity contribution in [3.63, 3.8) is 0 Å². The minimum absolute atomic E-state index is 0.0162. The van der Waals surface area contributed by atoms with Crippen molar-refractivity contribution in [3.8, 4) is 0 Å². The van der Waals surface area contributed by atoms with Crippen molar-refractivity contribution in [2.24, 2.45) is 0 Å².